The zero-order valence-electron chi connectivity index (χ0n) is 10.0. The van der Waals surface area contributed by atoms with Crippen LogP contribution in [-0.4, -0.2) is 43.8 Å². The van der Waals surface area contributed by atoms with E-state index in [2.05, 4.69) is 16.6 Å². The summed E-state index contributed by atoms with van der Waals surface area (Å²) in [6.07, 6.45) is -1.15. The van der Waals surface area contributed by atoms with Gasteiger partial charge in [-0.2, -0.15) is 0 Å². The Kier molecular flexibility index (Phi) is 4.41. The summed E-state index contributed by atoms with van der Waals surface area (Å²) >= 11 is 4.05. The van der Waals surface area contributed by atoms with Crippen molar-refractivity contribution in [2.75, 3.05) is 6.61 Å². The number of nitrogens with zero attached hydrogens (tertiary/aromatic N) is 1. The largest absolute Gasteiger partial charge is 0.394 e. The smallest absolute Gasteiger partial charge is 0.330 e. The number of aryl methyl sites for hydroxylation is 1. The third-order valence-corrected chi connectivity index (χ3v) is 4.52. The molecule has 0 aliphatic carbocycles. The lowest BCUT2D eigenvalue weighted by Gasteiger charge is -2.19. The number of aliphatic hydroxyl groups excluding tert-OH is 2. The first-order valence-corrected chi connectivity index (χ1v) is 7.49. The molecule has 1 aromatic rings. The molecule has 0 radical (unpaired) electrons. The minimum Gasteiger partial charge on any atom is -0.394 e. The summed E-state index contributed by atoms with van der Waals surface area (Å²) in [7, 11) is 1.04. The zero-order chi connectivity index (χ0) is 14.2. The molecule has 0 spiro atoms. The highest BCUT2D eigenvalue weighted by molar-refractivity contribution is 8.68. The highest BCUT2D eigenvalue weighted by Gasteiger charge is 2.44. The highest BCUT2D eigenvalue weighted by atomic mass is 33.1. The number of ether oxygens (including phenoxy) is 1. The van der Waals surface area contributed by atoms with E-state index in [1.165, 1.54) is 10.8 Å². The monoisotopic (exact) mass is 306 g/mol. The van der Waals surface area contributed by atoms with Crippen LogP contribution in [-0.2, 0) is 4.74 Å². The summed E-state index contributed by atoms with van der Waals surface area (Å²) in [6, 6.07) is 0. The molecule has 0 bridgehead atoms. The van der Waals surface area contributed by atoms with E-state index in [1.807, 2.05) is 0 Å². The molecule has 2 heterocycles. The number of aromatic amines is 1. The molecule has 2 unspecified atom stereocenters. The van der Waals surface area contributed by atoms with Gasteiger partial charge in [0.05, 0.1) is 18.0 Å². The van der Waals surface area contributed by atoms with E-state index in [9.17, 15) is 14.7 Å². The summed E-state index contributed by atoms with van der Waals surface area (Å²) < 4.78 is 6.66. The van der Waals surface area contributed by atoms with Crippen molar-refractivity contribution in [3.63, 3.8) is 0 Å². The molecule has 1 aromatic heterocycles. The van der Waals surface area contributed by atoms with Crippen LogP contribution in [0.1, 0.15) is 11.8 Å². The zero-order valence-corrected chi connectivity index (χ0v) is 11.7. The van der Waals surface area contributed by atoms with Crippen LogP contribution in [0.25, 0.3) is 0 Å². The van der Waals surface area contributed by atoms with E-state index in [-0.39, 0.29) is 6.61 Å². The third-order valence-electron chi connectivity index (χ3n) is 3.03. The molecule has 2 rings (SSSR count). The number of hydrogen-bond acceptors (Lipinski definition) is 7. The van der Waals surface area contributed by atoms with Gasteiger partial charge in [-0.1, -0.05) is 10.8 Å². The number of rotatable bonds is 3. The Labute approximate surface area is 117 Å². The van der Waals surface area contributed by atoms with Gasteiger partial charge in [-0.25, -0.2) is 4.79 Å². The molecule has 106 valence electrons. The Morgan fingerprint density at radius 1 is 1.58 bits per heavy atom. The number of H-pyrrole nitrogens is 1. The minimum atomic E-state index is -0.948. The fourth-order valence-corrected chi connectivity index (χ4v) is 3.27. The van der Waals surface area contributed by atoms with E-state index in [0.717, 1.165) is 10.8 Å². The minimum absolute atomic E-state index is 0.355. The lowest BCUT2D eigenvalue weighted by Crippen LogP contribution is -2.37. The van der Waals surface area contributed by atoms with Gasteiger partial charge in [-0.15, -0.1) is 11.7 Å². The predicted octanol–water partition coefficient (Wildman–Crippen LogP) is -0.958. The predicted molar refractivity (Wildman–Crippen MR) is 73.4 cm³/mol. The molecule has 0 amide bonds. The highest BCUT2D eigenvalue weighted by Crippen LogP contribution is 2.38. The van der Waals surface area contributed by atoms with Crippen molar-refractivity contribution in [2.45, 2.75) is 30.6 Å². The maximum absolute atomic E-state index is 11.8. The molecule has 1 aliphatic heterocycles. The van der Waals surface area contributed by atoms with Crippen LogP contribution in [0.4, 0.5) is 0 Å². The molecule has 3 N–H and O–H groups in total. The van der Waals surface area contributed by atoms with Crippen molar-refractivity contribution in [3.05, 3.63) is 32.6 Å². The van der Waals surface area contributed by atoms with Gasteiger partial charge in [0.1, 0.15) is 6.10 Å². The van der Waals surface area contributed by atoms with Gasteiger partial charge in [0.15, 0.2) is 6.23 Å². The van der Waals surface area contributed by atoms with Crippen molar-refractivity contribution >= 4 is 22.5 Å². The molecule has 19 heavy (non-hydrogen) atoms. The topological polar surface area (TPSA) is 105 Å². The van der Waals surface area contributed by atoms with Gasteiger partial charge >= 0.3 is 5.69 Å². The number of aromatic nitrogens is 2. The molecule has 4 atom stereocenters. The first-order chi connectivity index (χ1) is 8.99. The number of hydrogen-bond donors (Lipinski definition) is 4. The van der Waals surface area contributed by atoms with Crippen LogP contribution in [0.3, 0.4) is 0 Å². The quantitative estimate of drug-likeness (QED) is 0.424. The molecule has 7 nitrogen and oxygen atoms in total. The Bertz CT molecular complexity index is 572. The molecular formula is C10H14N2O5S2. The van der Waals surface area contributed by atoms with Gasteiger partial charge in [-0.3, -0.25) is 14.3 Å². The average Bonchev–Trinajstić information content (AvgIpc) is 2.70. The Balaban J connectivity index is 2.44. The van der Waals surface area contributed by atoms with E-state index < -0.39 is 34.9 Å². The summed E-state index contributed by atoms with van der Waals surface area (Å²) in [6.45, 7) is 1.20. The van der Waals surface area contributed by atoms with Crippen LogP contribution in [0.2, 0.25) is 0 Å². The lowest BCUT2D eigenvalue weighted by molar-refractivity contribution is -0.0457. The molecule has 0 saturated carbocycles. The van der Waals surface area contributed by atoms with Crippen LogP contribution in [0.5, 0.6) is 0 Å². The van der Waals surface area contributed by atoms with Gasteiger partial charge < -0.3 is 14.9 Å². The van der Waals surface area contributed by atoms with E-state index in [4.69, 9.17) is 9.84 Å². The van der Waals surface area contributed by atoms with E-state index in [1.54, 1.807) is 6.92 Å². The summed E-state index contributed by atoms with van der Waals surface area (Å²) in [5, 5.41) is 18.5. The first-order valence-electron chi connectivity index (χ1n) is 5.56. The van der Waals surface area contributed by atoms with Gasteiger partial charge in [0.2, 0.25) is 0 Å². The van der Waals surface area contributed by atoms with Crippen LogP contribution in [0, 0.1) is 6.92 Å². The first kappa shape index (κ1) is 14.7. The molecule has 1 saturated heterocycles. The number of nitrogens with one attached hydrogen (secondary N) is 1. The lowest BCUT2D eigenvalue weighted by atomic mass is 10.2. The second-order valence-corrected chi connectivity index (χ2v) is 5.67. The van der Waals surface area contributed by atoms with E-state index >= 15 is 0 Å². The molecule has 1 fully saturated rings. The molecule has 9 heteroatoms. The second-order valence-electron chi connectivity index (χ2n) is 4.29. The second kappa shape index (κ2) is 5.71. The molecule has 0 aromatic carbocycles. The van der Waals surface area contributed by atoms with Crippen molar-refractivity contribution < 1.29 is 14.9 Å². The summed E-state index contributed by atoms with van der Waals surface area (Å²) in [4.78, 5) is 25.3. The standard InChI is InChI=1S/C10H14N2O5S2/c1-4-2-12(10(16)11-8(4)15)9-7(19-18)6(14)5(3-13)17-9/h2,5-7,9,13-14,18H,3H2,1H3,(H,11,15,16)/t5-,6?,7?,9-/m1/s1. The molecular weight excluding hydrogens is 292 g/mol. The van der Waals surface area contributed by atoms with Crippen molar-refractivity contribution in [2.24, 2.45) is 0 Å². The molecule has 1 aliphatic rings. The fourth-order valence-electron chi connectivity index (χ4n) is 1.98. The summed E-state index contributed by atoms with van der Waals surface area (Å²) in [5.74, 6) is 0. The van der Waals surface area contributed by atoms with Gasteiger partial charge in [0.25, 0.3) is 5.56 Å². The Morgan fingerprint density at radius 2 is 2.26 bits per heavy atom. The SMILES string of the molecule is Cc1cn([C@@H]2O[C@H](CO)C(O)C2SS)c(=O)[nH]c1=O. The summed E-state index contributed by atoms with van der Waals surface area (Å²) in [5.41, 5.74) is -0.736. The van der Waals surface area contributed by atoms with Crippen molar-refractivity contribution in [1.29, 1.82) is 0 Å². The Morgan fingerprint density at radius 3 is 2.84 bits per heavy atom. The van der Waals surface area contributed by atoms with Crippen LogP contribution < -0.4 is 11.2 Å². The maximum Gasteiger partial charge on any atom is 0.330 e. The van der Waals surface area contributed by atoms with Crippen LogP contribution >= 0.6 is 22.5 Å². The Hall–Kier alpha value is -0.740. The van der Waals surface area contributed by atoms with Crippen molar-refractivity contribution in [3.8, 4) is 0 Å². The van der Waals surface area contributed by atoms with Crippen molar-refractivity contribution in [1.82, 2.24) is 9.55 Å². The van der Waals surface area contributed by atoms with Crippen LogP contribution in [0.15, 0.2) is 15.8 Å². The number of aliphatic hydroxyl groups is 2. The maximum atomic E-state index is 11.8. The van der Waals surface area contributed by atoms with E-state index in [0.29, 0.717) is 5.56 Å². The van der Waals surface area contributed by atoms with Gasteiger partial charge in [-0.05, 0) is 6.92 Å². The normalized spacial score (nSPS) is 30.7. The third kappa shape index (κ3) is 2.61. The average molecular weight is 306 g/mol. The number of thiol groups is 1. The fraction of sp³-hybridized carbons (Fsp3) is 0.600. The van der Waals surface area contributed by atoms with Gasteiger partial charge in [0, 0.05) is 11.8 Å².